The van der Waals surface area contributed by atoms with E-state index in [1.165, 1.54) is 5.56 Å². The maximum atomic E-state index is 6.06. The predicted octanol–water partition coefficient (Wildman–Crippen LogP) is 3.70. The van der Waals surface area contributed by atoms with E-state index in [0.717, 1.165) is 13.0 Å². The minimum Gasteiger partial charge on any atom is -0.350 e. The molecule has 1 fully saturated rings. The minimum atomic E-state index is -0.502. The fourth-order valence-corrected chi connectivity index (χ4v) is 2.22. The molecule has 0 aliphatic carbocycles. The van der Waals surface area contributed by atoms with Gasteiger partial charge < -0.3 is 9.47 Å². The molecule has 1 heterocycles. The molecule has 17 heavy (non-hydrogen) atoms. The highest BCUT2D eigenvalue weighted by Crippen LogP contribution is 2.38. The fourth-order valence-electron chi connectivity index (χ4n) is 2.22. The Hall–Kier alpha value is -1.12. The normalized spacial score (nSPS) is 27.6. The molecule has 2 nitrogen and oxygen atoms in total. The number of hydrogen-bond donors (Lipinski definition) is 0. The molecule has 1 aromatic carbocycles. The highest BCUT2D eigenvalue weighted by atomic mass is 16.7. The molecule has 0 radical (unpaired) electrons. The average Bonchev–Trinajstić information content (AvgIpc) is 2.32. The van der Waals surface area contributed by atoms with Crippen LogP contribution >= 0.6 is 0 Å². The molecule has 1 saturated heterocycles. The van der Waals surface area contributed by atoms with E-state index in [-0.39, 0.29) is 6.10 Å². The lowest BCUT2D eigenvalue weighted by molar-refractivity contribution is -0.295. The van der Waals surface area contributed by atoms with E-state index in [2.05, 4.69) is 18.7 Å². The highest BCUT2D eigenvalue weighted by molar-refractivity contribution is 5.19. The van der Waals surface area contributed by atoms with Crippen LogP contribution in [-0.2, 0) is 9.47 Å². The number of rotatable bonds is 3. The van der Waals surface area contributed by atoms with Crippen LogP contribution in [0.5, 0.6) is 0 Å². The second-order valence-corrected chi connectivity index (χ2v) is 4.94. The van der Waals surface area contributed by atoms with Crippen molar-refractivity contribution in [2.24, 2.45) is 5.92 Å². The van der Waals surface area contributed by atoms with Gasteiger partial charge in [0.1, 0.15) is 0 Å². The summed E-state index contributed by atoms with van der Waals surface area (Å²) >= 11 is 0. The van der Waals surface area contributed by atoms with Crippen LogP contribution in [-0.4, -0.2) is 12.4 Å². The van der Waals surface area contributed by atoms with Crippen molar-refractivity contribution >= 4 is 0 Å². The lowest BCUT2D eigenvalue weighted by atomic mass is 9.92. The predicted molar refractivity (Wildman–Crippen MR) is 68.6 cm³/mol. The molecular formula is C15H20O2. The fraction of sp³-hybridized carbons (Fsp3) is 0.467. The number of allylic oxidation sites excluding steroid dienone is 1. The summed E-state index contributed by atoms with van der Waals surface area (Å²) in [5.74, 6) is -0.152. The van der Waals surface area contributed by atoms with Crippen molar-refractivity contribution in [1.82, 2.24) is 0 Å². The van der Waals surface area contributed by atoms with Gasteiger partial charge in [-0.1, -0.05) is 36.4 Å². The molecule has 0 unspecified atom stereocenters. The van der Waals surface area contributed by atoms with Gasteiger partial charge in [0.25, 0.3) is 0 Å². The van der Waals surface area contributed by atoms with Crippen molar-refractivity contribution in [3.05, 3.63) is 48.6 Å². The Morgan fingerprint density at radius 2 is 2.06 bits per heavy atom. The van der Waals surface area contributed by atoms with E-state index in [0.29, 0.717) is 5.92 Å². The number of hydrogen-bond acceptors (Lipinski definition) is 2. The Morgan fingerprint density at radius 3 is 2.71 bits per heavy atom. The van der Waals surface area contributed by atoms with Gasteiger partial charge in [0, 0.05) is 5.92 Å². The Bertz CT molecular complexity index is 370. The first-order valence-corrected chi connectivity index (χ1v) is 6.10. The summed E-state index contributed by atoms with van der Waals surface area (Å²) in [4.78, 5) is 0. The summed E-state index contributed by atoms with van der Waals surface area (Å²) in [7, 11) is 0. The Balaban J connectivity index is 2.22. The van der Waals surface area contributed by atoms with Crippen molar-refractivity contribution in [1.29, 1.82) is 0 Å². The topological polar surface area (TPSA) is 18.5 Å². The van der Waals surface area contributed by atoms with E-state index in [9.17, 15) is 0 Å². The maximum Gasteiger partial charge on any atom is 0.163 e. The first-order valence-electron chi connectivity index (χ1n) is 6.10. The van der Waals surface area contributed by atoms with Gasteiger partial charge in [-0.2, -0.15) is 0 Å². The summed E-state index contributed by atoms with van der Waals surface area (Å²) in [6.45, 7) is 8.46. The van der Waals surface area contributed by atoms with E-state index in [1.807, 2.05) is 38.1 Å². The zero-order chi connectivity index (χ0) is 12.3. The van der Waals surface area contributed by atoms with Gasteiger partial charge in [-0.15, -0.1) is 6.58 Å². The third-order valence-corrected chi connectivity index (χ3v) is 3.08. The summed E-state index contributed by atoms with van der Waals surface area (Å²) in [5, 5.41) is 0. The van der Waals surface area contributed by atoms with Crippen LogP contribution in [0.25, 0.3) is 0 Å². The highest BCUT2D eigenvalue weighted by Gasteiger charge is 2.36. The molecular weight excluding hydrogens is 212 g/mol. The zero-order valence-electron chi connectivity index (χ0n) is 10.6. The van der Waals surface area contributed by atoms with Gasteiger partial charge in [-0.25, -0.2) is 0 Å². The van der Waals surface area contributed by atoms with Gasteiger partial charge in [-0.05, 0) is 25.8 Å². The maximum absolute atomic E-state index is 6.06. The third kappa shape index (κ3) is 2.96. The van der Waals surface area contributed by atoms with E-state index in [4.69, 9.17) is 9.47 Å². The van der Waals surface area contributed by atoms with Gasteiger partial charge in [0.05, 0.1) is 12.7 Å². The standard InChI is InChI=1S/C15H20O2/c1-4-8-13-11-16-15(2,3)17-14(13)12-9-6-5-7-10-12/h4-7,9-10,13-14H,1,8,11H2,2-3H3/t13-,14-/m1/s1. The summed E-state index contributed by atoms with van der Waals surface area (Å²) in [6.07, 6.45) is 2.94. The van der Waals surface area contributed by atoms with Crippen LogP contribution in [0.1, 0.15) is 31.9 Å². The number of ether oxygens (including phenoxy) is 2. The molecule has 0 saturated carbocycles. The van der Waals surface area contributed by atoms with Crippen molar-refractivity contribution in [2.75, 3.05) is 6.61 Å². The minimum absolute atomic E-state index is 0.0953. The molecule has 2 heteroatoms. The van der Waals surface area contributed by atoms with Gasteiger partial charge >= 0.3 is 0 Å². The molecule has 0 spiro atoms. The molecule has 0 aromatic heterocycles. The molecule has 2 atom stereocenters. The first kappa shape index (κ1) is 12.3. The molecule has 0 amide bonds. The molecule has 0 N–H and O–H groups in total. The summed E-state index contributed by atoms with van der Waals surface area (Å²) in [6, 6.07) is 10.3. The molecule has 92 valence electrons. The second kappa shape index (κ2) is 5.03. The summed E-state index contributed by atoms with van der Waals surface area (Å²) < 4.78 is 11.8. The first-order chi connectivity index (χ1) is 8.12. The van der Waals surface area contributed by atoms with Gasteiger partial charge in [0.2, 0.25) is 0 Å². The lowest BCUT2D eigenvalue weighted by Gasteiger charge is -2.41. The van der Waals surface area contributed by atoms with Gasteiger partial charge in [0.15, 0.2) is 5.79 Å². The lowest BCUT2D eigenvalue weighted by Crippen LogP contribution is -2.41. The van der Waals surface area contributed by atoms with Crippen LogP contribution in [0.15, 0.2) is 43.0 Å². The quantitative estimate of drug-likeness (QED) is 0.740. The SMILES string of the molecule is C=CC[C@@H]1COC(C)(C)O[C@@H]1c1ccccc1. The monoisotopic (exact) mass is 232 g/mol. The van der Waals surface area contributed by atoms with Gasteiger partial charge in [-0.3, -0.25) is 0 Å². The Morgan fingerprint density at radius 1 is 1.35 bits per heavy atom. The Kier molecular flexibility index (Phi) is 3.65. The van der Waals surface area contributed by atoms with Crippen molar-refractivity contribution in [3.8, 4) is 0 Å². The second-order valence-electron chi connectivity index (χ2n) is 4.94. The number of benzene rings is 1. The molecule has 1 aliphatic heterocycles. The van der Waals surface area contributed by atoms with E-state index in [1.54, 1.807) is 0 Å². The largest absolute Gasteiger partial charge is 0.350 e. The van der Waals surface area contributed by atoms with Crippen LogP contribution < -0.4 is 0 Å². The van der Waals surface area contributed by atoms with E-state index >= 15 is 0 Å². The van der Waals surface area contributed by atoms with Crippen molar-refractivity contribution in [3.63, 3.8) is 0 Å². The average molecular weight is 232 g/mol. The summed E-state index contributed by atoms with van der Waals surface area (Å²) in [5.41, 5.74) is 1.22. The molecule has 1 aromatic rings. The third-order valence-electron chi connectivity index (χ3n) is 3.08. The molecule has 2 rings (SSSR count). The van der Waals surface area contributed by atoms with Crippen molar-refractivity contribution < 1.29 is 9.47 Å². The molecule has 1 aliphatic rings. The zero-order valence-corrected chi connectivity index (χ0v) is 10.6. The van der Waals surface area contributed by atoms with Crippen LogP contribution in [0.3, 0.4) is 0 Å². The van der Waals surface area contributed by atoms with Crippen LogP contribution in [0.2, 0.25) is 0 Å². The van der Waals surface area contributed by atoms with Crippen LogP contribution in [0, 0.1) is 5.92 Å². The molecule has 0 bridgehead atoms. The Labute approximate surface area is 103 Å². The smallest absolute Gasteiger partial charge is 0.163 e. The van der Waals surface area contributed by atoms with Crippen molar-refractivity contribution in [2.45, 2.75) is 32.2 Å². The van der Waals surface area contributed by atoms with Crippen LogP contribution in [0.4, 0.5) is 0 Å². The van der Waals surface area contributed by atoms with E-state index < -0.39 is 5.79 Å².